The minimum Gasteiger partial charge on any atom is -0.497 e. The molecular formula is C22H24N2O6S2. The van der Waals surface area contributed by atoms with Crippen LogP contribution in [-0.2, 0) is 20.4 Å². The Morgan fingerprint density at radius 2 is 1.78 bits per heavy atom. The molecule has 0 fully saturated rings. The maximum absolute atomic E-state index is 12.6. The number of sulfone groups is 1. The summed E-state index contributed by atoms with van der Waals surface area (Å²) >= 11 is 1.35. The number of hydrogen-bond acceptors (Lipinski definition) is 8. The van der Waals surface area contributed by atoms with Crippen LogP contribution in [0.3, 0.4) is 0 Å². The Labute approximate surface area is 191 Å². The van der Waals surface area contributed by atoms with Crippen molar-refractivity contribution in [3.05, 3.63) is 53.5 Å². The van der Waals surface area contributed by atoms with Gasteiger partial charge in [0, 0.05) is 17.0 Å². The molecule has 170 valence electrons. The Morgan fingerprint density at radius 1 is 1.06 bits per heavy atom. The number of benzene rings is 2. The van der Waals surface area contributed by atoms with Gasteiger partial charge in [0.2, 0.25) is 5.91 Å². The number of aromatic nitrogens is 1. The van der Waals surface area contributed by atoms with Crippen molar-refractivity contribution in [2.24, 2.45) is 0 Å². The monoisotopic (exact) mass is 476 g/mol. The van der Waals surface area contributed by atoms with Gasteiger partial charge < -0.3 is 19.5 Å². The van der Waals surface area contributed by atoms with Crippen LogP contribution >= 0.6 is 11.3 Å². The van der Waals surface area contributed by atoms with E-state index in [0.29, 0.717) is 34.5 Å². The lowest BCUT2D eigenvalue weighted by molar-refractivity contribution is -0.113. The summed E-state index contributed by atoms with van der Waals surface area (Å²) in [7, 11) is -0.760. The van der Waals surface area contributed by atoms with Gasteiger partial charge in [0.1, 0.15) is 28.0 Å². The van der Waals surface area contributed by atoms with Gasteiger partial charge in [0.25, 0.3) is 0 Å². The molecule has 1 amide bonds. The first kappa shape index (κ1) is 23.6. The lowest BCUT2D eigenvalue weighted by Gasteiger charge is -2.11. The number of ether oxygens (including phenoxy) is 3. The van der Waals surface area contributed by atoms with E-state index >= 15 is 0 Å². The molecule has 0 unspecified atom stereocenters. The van der Waals surface area contributed by atoms with Gasteiger partial charge in [-0.15, -0.1) is 11.3 Å². The molecule has 0 spiro atoms. The third-order valence-electron chi connectivity index (χ3n) is 4.37. The highest BCUT2D eigenvalue weighted by Crippen LogP contribution is 2.29. The molecule has 0 aliphatic rings. The highest BCUT2D eigenvalue weighted by molar-refractivity contribution is 7.91. The van der Waals surface area contributed by atoms with Gasteiger partial charge in [-0.05, 0) is 43.3 Å². The zero-order valence-corrected chi connectivity index (χ0v) is 19.6. The number of hydrogen-bond donors (Lipinski definition) is 1. The molecule has 32 heavy (non-hydrogen) atoms. The lowest BCUT2D eigenvalue weighted by atomic mass is 10.2. The fourth-order valence-corrected chi connectivity index (χ4v) is 5.03. The molecule has 1 aromatic heterocycles. The number of carbonyl (C=O) groups is 1. The molecule has 0 aliphatic heterocycles. The first-order valence-electron chi connectivity index (χ1n) is 9.73. The van der Waals surface area contributed by atoms with Crippen LogP contribution in [0.15, 0.2) is 47.8 Å². The number of anilines is 1. The molecule has 1 N–H and O–H groups in total. The molecule has 8 nitrogen and oxygen atoms in total. The second-order valence-electron chi connectivity index (χ2n) is 6.75. The van der Waals surface area contributed by atoms with Crippen molar-refractivity contribution in [2.45, 2.75) is 12.7 Å². The van der Waals surface area contributed by atoms with Crippen LogP contribution in [0, 0.1) is 0 Å². The van der Waals surface area contributed by atoms with Gasteiger partial charge >= 0.3 is 0 Å². The standard InChI is InChI=1S/C22H24N2O6S2/c1-4-30-17-7-5-15(6-8-17)22-23-16(12-31-22)13-32(26,27)14-21(25)24-19-10-9-18(28-2)11-20(19)29-3/h5-12H,4,13-14H2,1-3H3,(H,24,25). The van der Waals surface area contributed by atoms with E-state index in [4.69, 9.17) is 14.2 Å². The predicted molar refractivity (Wildman–Crippen MR) is 124 cm³/mol. The van der Waals surface area contributed by atoms with Crippen LogP contribution in [0.2, 0.25) is 0 Å². The first-order valence-corrected chi connectivity index (χ1v) is 12.4. The summed E-state index contributed by atoms with van der Waals surface area (Å²) in [4.78, 5) is 16.8. The van der Waals surface area contributed by atoms with E-state index in [1.165, 1.54) is 25.6 Å². The normalized spacial score (nSPS) is 11.1. The van der Waals surface area contributed by atoms with E-state index in [9.17, 15) is 13.2 Å². The van der Waals surface area contributed by atoms with Crippen LogP contribution in [0.1, 0.15) is 12.6 Å². The zero-order chi connectivity index (χ0) is 23.1. The third-order valence-corrected chi connectivity index (χ3v) is 6.74. The quantitative estimate of drug-likeness (QED) is 0.475. The minimum absolute atomic E-state index is 0.326. The third kappa shape index (κ3) is 6.21. The van der Waals surface area contributed by atoms with Gasteiger partial charge in [-0.2, -0.15) is 0 Å². The topological polar surface area (TPSA) is 104 Å². The van der Waals surface area contributed by atoms with Gasteiger partial charge in [-0.3, -0.25) is 4.79 Å². The Bertz CT molecular complexity index is 1170. The second kappa shape index (κ2) is 10.5. The molecule has 0 saturated carbocycles. The van der Waals surface area contributed by atoms with Crippen molar-refractivity contribution in [3.63, 3.8) is 0 Å². The van der Waals surface area contributed by atoms with Gasteiger partial charge in [0.05, 0.1) is 38.0 Å². The molecule has 0 radical (unpaired) electrons. The van der Waals surface area contributed by atoms with Crippen molar-refractivity contribution in [2.75, 3.05) is 31.9 Å². The fraction of sp³-hybridized carbons (Fsp3) is 0.273. The number of rotatable bonds is 10. The van der Waals surface area contributed by atoms with Gasteiger partial charge in [0.15, 0.2) is 9.84 Å². The molecule has 3 rings (SSSR count). The minimum atomic E-state index is -3.72. The van der Waals surface area contributed by atoms with E-state index in [0.717, 1.165) is 11.3 Å². The smallest absolute Gasteiger partial charge is 0.239 e. The second-order valence-corrected chi connectivity index (χ2v) is 9.67. The van der Waals surface area contributed by atoms with Crippen molar-refractivity contribution in [3.8, 4) is 27.8 Å². The van der Waals surface area contributed by atoms with Crippen LogP contribution < -0.4 is 19.5 Å². The highest BCUT2D eigenvalue weighted by Gasteiger charge is 2.20. The fourth-order valence-electron chi connectivity index (χ4n) is 2.93. The first-order chi connectivity index (χ1) is 15.3. The number of carbonyl (C=O) groups excluding carboxylic acids is 1. The maximum atomic E-state index is 12.6. The number of amides is 1. The predicted octanol–water partition coefficient (Wildman–Crippen LogP) is 3.78. The number of methoxy groups -OCH3 is 2. The van der Waals surface area contributed by atoms with Crippen LogP contribution in [0.25, 0.3) is 10.6 Å². The SMILES string of the molecule is CCOc1ccc(-c2nc(CS(=O)(=O)CC(=O)Nc3ccc(OC)cc3OC)cs2)cc1. The van der Waals surface area contributed by atoms with Crippen LogP contribution in [0.4, 0.5) is 5.69 Å². The van der Waals surface area contributed by atoms with E-state index in [-0.39, 0.29) is 5.75 Å². The summed E-state index contributed by atoms with van der Waals surface area (Å²) in [5.74, 6) is 0.0330. The van der Waals surface area contributed by atoms with Crippen molar-refractivity contribution in [1.82, 2.24) is 4.98 Å². The molecule has 2 aromatic carbocycles. The molecule has 10 heteroatoms. The van der Waals surface area contributed by atoms with E-state index in [2.05, 4.69) is 10.3 Å². The molecule has 0 saturated heterocycles. The summed E-state index contributed by atoms with van der Waals surface area (Å²) in [6.07, 6.45) is 0. The van der Waals surface area contributed by atoms with Crippen molar-refractivity contribution < 1.29 is 27.4 Å². The Balaban J connectivity index is 1.63. The molecule has 3 aromatic rings. The molecular weight excluding hydrogens is 452 g/mol. The van der Waals surface area contributed by atoms with E-state index < -0.39 is 21.5 Å². The summed E-state index contributed by atoms with van der Waals surface area (Å²) in [5, 5.41) is 4.96. The average Bonchev–Trinajstić information content (AvgIpc) is 3.21. The Hall–Kier alpha value is -3.11. The van der Waals surface area contributed by atoms with Crippen LogP contribution in [-0.4, -0.2) is 45.9 Å². The lowest BCUT2D eigenvalue weighted by Crippen LogP contribution is -2.24. The number of nitrogens with one attached hydrogen (secondary N) is 1. The van der Waals surface area contributed by atoms with Crippen molar-refractivity contribution >= 4 is 32.8 Å². The molecule has 1 heterocycles. The zero-order valence-electron chi connectivity index (χ0n) is 18.0. The maximum Gasteiger partial charge on any atom is 0.239 e. The van der Waals surface area contributed by atoms with E-state index in [1.807, 2.05) is 31.2 Å². The molecule has 0 aliphatic carbocycles. The van der Waals surface area contributed by atoms with Gasteiger partial charge in [-0.25, -0.2) is 13.4 Å². The number of nitrogens with zero attached hydrogens (tertiary/aromatic N) is 1. The molecule has 0 atom stereocenters. The number of thiazole rings is 1. The summed E-state index contributed by atoms with van der Waals surface area (Å²) < 4.78 is 40.9. The van der Waals surface area contributed by atoms with E-state index in [1.54, 1.807) is 23.6 Å². The summed E-state index contributed by atoms with van der Waals surface area (Å²) in [5.41, 5.74) is 1.63. The van der Waals surface area contributed by atoms with Gasteiger partial charge in [-0.1, -0.05) is 0 Å². The average molecular weight is 477 g/mol. The summed E-state index contributed by atoms with van der Waals surface area (Å²) in [6.45, 7) is 2.49. The highest BCUT2D eigenvalue weighted by atomic mass is 32.2. The largest absolute Gasteiger partial charge is 0.497 e. The molecule has 0 bridgehead atoms. The van der Waals surface area contributed by atoms with Crippen LogP contribution in [0.5, 0.6) is 17.2 Å². The van der Waals surface area contributed by atoms with Crippen molar-refractivity contribution in [1.29, 1.82) is 0 Å². The summed E-state index contributed by atoms with van der Waals surface area (Å²) in [6, 6.07) is 12.3. The Kier molecular flexibility index (Phi) is 7.70. The Morgan fingerprint density at radius 3 is 2.44 bits per heavy atom.